The first-order chi connectivity index (χ1) is 9.65. The highest BCUT2D eigenvalue weighted by Gasteiger charge is 2.10. The number of carboxylic acid groups (broad SMARTS) is 1. The van der Waals surface area contributed by atoms with Crippen molar-refractivity contribution in [1.29, 1.82) is 0 Å². The van der Waals surface area contributed by atoms with Crippen LogP contribution in [0.3, 0.4) is 0 Å². The summed E-state index contributed by atoms with van der Waals surface area (Å²) in [5.74, 6) is -0.972. The standard InChI is InChI=1S/C14H9BrN2O2S/c15-10-3-1-9(2-4-10)12-8-20-14-16-7-11(17(12)14)5-6-13(18)19/h1-8H,(H,18,19)/b6-5+. The number of nitrogens with zero attached hydrogens (tertiary/aromatic N) is 2. The molecule has 0 bridgehead atoms. The summed E-state index contributed by atoms with van der Waals surface area (Å²) in [6.45, 7) is 0. The van der Waals surface area contributed by atoms with Gasteiger partial charge >= 0.3 is 5.97 Å². The molecule has 0 spiro atoms. The summed E-state index contributed by atoms with van der Waals surface area (Å²) in [5.41, 5.74) is 2.81. The number of halogens is 1. The third-order valence-electron chi connectivity index (χ3n) is 2.81. The third-order valence-corrected chi connectivity index (χ3v) is 4.18. The fourth-order valence-corrected chi connectivity index (χ4v) is 3.07. The number of hydrogen-bond acceptors (Lipinski definition) is 3. The minimum Gasteiger partial charge on any atom is -0.478 e. The van der Waals surface area contributed by atoms with Crippen molar-refractivity contribution in [2.24, 2.45) is 0 Å². The molecule has 0 fully saturated rings. The van der Waals surface area contributed by atoms with Gasteiger partial charge in [-0.2, -0.15) is 0 Å². The monoisotopic (exact) mass is 348 g/mol. The Kier molecular flexibility index (Phi) is 3.42. The van der Waals surface area contributed by atoms with Gasteiger partial charge in [0.1, 0.15) is 0 Å². The molecule has 0 saturated carbocycles. The lowest BCUT2D eigenvalue weighted by Gasteiger charge is -2.02. The fourth-order valence-electron chi connectivity index (χ4n) is 1.93. The van der Waals surface area contributed by atoms with Gasteiger partial charge in [0, 0.05) is 15.9 Å². The van der Waals surface area contributed by atoms with Crippen molar-refractivity contribution in [3.05, 3.63) is 52.1 Å². The maximum atomic E-state index is 10.6. The lowest BCUT2D eigenvalue weighted by Crippen LogP contribution is -1.90. The van der Waals surface area contributed by atoms with E-state index in [2.05, 4.69) is 20.9 Å². The van der Waals surface area contributed by atoms with Crippen LogP contribution in [-0.4, -0.2) is 20.5 Å². The van der Waals surface area contributed by atoms with Crippen molar-refractivity contribution in [3.8, 4) is 11.3 Å². The van der Waals surface area contributed by atoms with E-state index in [9.17, 15) is 4.79 Å². The zero-order chi connectivity index (χ0) is 14.1. The number of aromatic nitrogens is 2. The molecular weight excluding hydrogens is 340 g/mol. The van der Waals surface area contributed by atoms with E-state index < -0.39 is 5.97 Å². The molecule has 20 heavy (non-hydrogen) atoms. The SMILES string of the molecule is O=C(O)/C=C/c1cnc2scc(-c3ccc(Br)cc3)n12. The maximum Gasteiger partial charge on any atom is 0.328 e. The Hall–Kier alpha value is -1.92. The molecule has 3 rings (SSSR count). The Morgan fingerprint density at radius 3 is 2.80 bits per heavy atom. The van der Waals surface area contributed by atoms with Crippen LogP contribution in [0.2, 0.25) is 0 Å². The summed E-state index contributed by atoms with van der Waals surface area (Å²) in [4.78, 5) is 15.8. The summed E-state index contributed by atoms with van der Waals surface area (Å²) in [5, 5.41) is 10.8. The van der Waals surface area contributed by atoms with Crippen LogP contribution in [0.5, 0.6) is 0 Å². The summed E-state index contributed by atoms with van der Waals surface area (Å²) >= 11 is 4.94. The van der Waals surface area contributed by atoms with Gasteiger partial charge in [0.2, 0.25) is 0 Å². The van der Waals surface area contributed by atoms with E-state index in [4.69, 9.17) is 5.11 Å². The summed E-state index contributed by atoms with van der Waals surface area (Å²) in [7, 11) is 0. The fraction of sp³-hybridized carbons (Fsp3) is 0. The van der Waals surface area contributed by atoms with Crippen molar-refractivity contribution < 1.29 is 9.90 Å². The zero-order valence-corrected chi connectivity index (χ0v) is 12.6. The van der Waals surface area contributed by atoms with Crippen molar-refractivity contribution in [1.82, 2.24) is 9.38 Å². The molecule has 100 valence electrons. The van der Waals surface area contributed by atoms with Crippen LogP contribution in [0.25, 0.3) is 22.3 Å². The molecule has 0 radical (unpaired) electrons. The number of fused-ring (bicyclic) bond motifs is 1. The molecule has 1 aromatic carbocycles. The van der Waals surface area contributed by atoms with E-state index >= 15 is 0 Å². The minimum absolute atomic E-state index is 0.751. The van der Waals surface area contributed by atoms with Gasteiger partial charge in [0.25, 0.3) is 0 Å². The van der Waals surface area contributed by atoms with Crippen LogP contribution in [0.15, 0.2) is 46.4 Å². The predicted molar refractivity (Wildman–Crippen MR) is 82.9 cm³/mol. The number of benzene rings is 1. The molecule has 3 aromatic rings. The zero-order valence-electron chi connectivity index (χ0n) is 10.2. The second-order valence-corrected chi connectivity index (χ2v) is 5.85. The van der Waals surface area contributed by atoms with Gasteiger partial charge in [-0.3, -0.25) is 4.40 Å². The molecule has 0 aliphatic heterocycles. The first-order valence-electron chi connectivity index (χ1n) is 5.77. The predicted octanol–water partition coefficient (Wildman–Crippen LogP) is 3.92. The lowest BCUT2D eigenvalue weighted by molar-refractivity contribution is -0.131. The number of imidazole rings is 1. The van der Waals surface area contributed by atoms with Gasteiger partial charge in [-0.1, -0.05) is 28.1 Å². The number of aliphatic carboxylic acids is 1. The molecule has 0 saturated heterocycles. The third kappa shape index (κ3) is 2.39. The van der Waals surface area contributed by atoms with E-state index in [-0.39, 0.29) is 0 Å². The Labute approximate surface area is 127 Å². The van der Waals surface area contributed by atoms with Gasteiger partial charge in [-0.15, -0.1) is 11.3 Å². The van der Waals surface area contributed by atoms with Crippen molar-refractivity contribution in [2.45, 2.75) is 0 Å². The summed E-state index contributed by atoms with van der Waals surface area (Å²) in [6, 6.07) is 7.97. The van der Waals surface area contributed by atoms with Crippen LogP contribution < -0.4 is 0 Å². The Morgan fingerprint density at radius 1 is 1.35 bits per heavy atom. The molecule has 2 aromatic heterocycles. The smallest absolute Gasteiger partial charge is 0.328 e. The Morgan fingerprint density at radius 2 is 2.10 bits per heavy atom. The van der Waals surface area contributed by atoms with Crippen molar-refractivity contribution in [2.75, 3.05) is 0 Å². The molecule has 4 nitrogen and oxygen atoms in total. The topological polar surface area (TPSA) is 54.6 Å². The Bertz CT molecular complexity index is 802. The molecule has 0 unspecified atom stereocenters. The lowest BCUT2D eigenvalue weighted by atomic mass is 10.2. The van der Waals surface area contributed by atoms with Crippen LogP contribution in [0, 0.1) is 0 Å². The maximum absolute atomic E-state index is 10.6. The van der Waals surface area contributed by atoms with E-state index in [1.54, 1.807) is 12.3 Å². The highest BCUT2D eigenvalue weighted by Crippen LogP contribution is 2.28. The number of thiazole rings is 1. The second kappa shape index (κ2) is 5.22. The summed E-state index contributed by atoms with van der Waals surface area (Å²) < 4.78 is 2.97. The van der Waals surface area contributed by atoms with E-state index in [1.807, 2.05) is 34.0 Å². The van der Waals surface area contributed by atoms with Gasteiger partial charge < -0.3 is 5.11 Å². The molecule has 1 N–H and O–H groups in total. The highest BCUT2D eigenvalue weighted by atomic mass is 79.9. The Balaban J connectivity index is 2.14. The molecule has 2 heterocycles. The van der Waals surface area contributed by atoms with Crippen molar-refractivity contribution >= 4 is 44.3 Å². The number of rotatable bonds is 3. The molecule has 0 amide bonds. The quantitative estimate of drug-likeness (QED) is 0.729. The van der Waals surface area contributed by atoms with Crippen LogP contribution >= 0.6 is 27.3 Å². The number of hydrogen-bond donors (Lipinski definition) is 1. The second-order valence-electron chi connectivity index (χ2n) is 4.10. The van der Waals surface area contributed by atoms with E-state index in [0.717, 1.165) is 32.5 Å². The normalized spacial score (nSPS) is 11.4. The van der Waals surface area contributed by atoms with Crippen LogP contribution in [0.4, 0.5) is 0 Å². The largest absolute Gasteiger partial charge is 0.478 e. The van der Waals surface area contributed by atoms with Crippen molar-refractivity contribution in [3.63, 3.8) is 0 Å². The summed E-state index contributed by atoms with van der Waals surface area (Å²) in [6.07, 6.45) is 4.34. The first kappa shape index (κ1) is 13.1. The van der Waals surface area contributed by atoms with Crippen LogP contribution in [-0.2, 0) is 4.79 Å². The molecule has 0 aliphatic carbocycles. The number of carboxylic acids is 1. The van der Waals surface area contributed by atoms with Crippen LogP contribution in [0.1, 0.15) is 5.69 Å². The van der Waals surface area contributed by atoms with E-state index in [1.165, 1.54) is 11.3 Å². The van der Waals surface area contributed by atoms with Gasteiger partial charge in [0.15, 0.2) is 4.96 Å². The minimum atomic E-state index is -0.972. The van der Waals surface area contributed by atoms with Gasteiger partial charge in [0.05, 0.1) is 17.6 Å². The average Bonchev–Trinajstić information content (AvgIpc) is 2.99. The molecule has 6 heteroatoms. The average molecular weight is 349 g/mol. The van der Waals surface area contributed by atoms with Gasteiger partial charge in [-0.05, 0) is 23.8 Å². The molecular formula is C14H9BrN2O2S. The first-order valence-corrected chi connectivity index (χ1v) is 7.44. The van der Waals surface area contributed by atoms with E-state index in [0.29, 0.717) is 0 Å². The highest BCUT2D eigenvalue weighted by molar-refractivity contribution is 9.10. The van der Waals surface area contributed by atoms with Gasteiger partial charge in [-0.25, -0.2) is 9.78 Å². The molecule has 0 aliphatic rings. The molecule has 0 atom stereocenters. The number of carbonyl (C=O) groups is 1.